The number of hydrogen-bond donors (Lipinski definition) is 3. The molecule has 0 atom stereocenters. The Morgan fingerprint density at radius 1 is 1.32 bits per heavy atom. The molecule has 7 heteroatoms. The summed E-state index contributed by atoms with van der Waals surface area (Å²) in [6.07, 6.45) is 2.63. The van der Waals surface area contributed by atoms with Crippen LogP contribution in [0.5, 0.6) is 0 Å². The van der Waals surface area contributed by atoms with Gasteiger partial charge in [0.05, 0.1) is 12.4 Å². The second-order valence-corrected chi connectivity index (χ2v) is 3.85. The minimum Gasteiger partial charge on any atom is -0.321 e. The van der Waals surface area contributed by atoms with Gasteiger partial charge in [-0.2, -0.15) is 0 Å². The van der Waals surface area contributed by atoms with E-state index in [1.165, 1.54) is 30.6 Å². The van der Waals surface area contributed by atoms with Gasteiger partial charge in [0.15, 0.2) is 5.82 Å². The molecule has 1 aromatic carbocycles. The Kier molecular flexibility index (Phi) is 3.67. The average Bonchev–Trinajstić information content (AvgIpc) is 2.43. The lowest BCUT2D eigenvalue weighted by Gasteiger charge is -2.06. The van der Waals surface area contributed by atoms with E-state index in [0.29, 0.717) is 17.1 Å². The van der Waals surface area contributed by atoms with Gasteiger partial charge in [-0.25, -0.2) is 20.2 Å². The van der Waals surface area contributed by atoms with Gasteiger partial charge in [-0.15, -0.1) is 0 Å². The summed E-state index contributed by atoms with van der Waals surface area (Å²) in [5.41, 5.74) is 3.39. The van der Waals surface area contributed by atoms with Gasteiger partial charge in [0, 0.05) is 5.69 Å². The smallest absolute Gasteiger partial charge is 0.275 e. The molecule has 98 valence electrons. The van der Waals surface area contributed by atoms with Crippen molar-refractivity contribution in [2.45, 2.75) is 6.92 Å². The maximum atomic E-state index is 13.1. The summed E-state index contributed by atoms with van der Waals surface area (Å²) >= 11 is 0. The van der Waals surface area contributed by atoms with E-state index >= 15 is 0 Å². The highest BCUT2D eigenvalue weighted by Gasteiger charge is 2.09. The standard InChI is InChI=1S/C12H12FN5O/c1-7-4-8(2-3-9(7)13)17-12(19)10-5-16-11(18-14)6-15-10/h2-6H,14H2,1H3,(H,16,18)(H,17,19). The van der Waals surface area contributed by atoms with E-state index in [1.54, 1.807) is 6.92 Å². The summed E-state index contributed by atoms with van der Waals surface area (Å²) in [6, 6.07) is 4.30. The summed E-state index contributed by atoms with van der Waals surface area (Å²) in [6.45, 7) is 1.62. The Morgan fingerprint density at radius 2 is 2.11 bits per heavy atom. The lowest BCUT2D eigenvalue weighted by molar-refractivity contribution is 0.102. The number of hydrazine groups is 1. The molecule has 0 bridgehead atoms. The van der Waals surface area contributed by atoms with Crippen molar-refractivity contribution < 1.29 is 9.18 Å². The van der Waals surface area contributed by atoms with E-state index in [2.05, 4.69) is 20.7 Å². The number of nitrogens with one attached hydrogen (secondary N) is 2. The van der Waals surface area contributed by atoms with Crippen LogP contribution >= 0.6 is 0 Å². The molecular weight excluding hydrogens is 249 g/mol. The summed E-state index contributed by atoms with van der Waals surface area (Å²) in [5.74, 6) is 4.75. The minimum absolute atomic E-state index is 0.140. The number of nitrogens with two attached hydrogens (primary N) is 1. The number of carbonyl (C=O) groups excluding carboxylic acids is 1. The summed E-state index contributed by atoms with van der Waals surface area (Å²) < 4.78 is 13.1. The van der Waals surface area contributed by atoms with E-state index in [9.17, 15) is 9.18 Å². The Labute approximate surface area is 108 Å². The molecule has 0 fully saturated rings. The van der Waals surface area contributed by atoms with Gasteiger partial charge < -0.3 is 10.7 Å². The van der Waals surface area contributed by atoms with Crippen LogP contribution in [0, 0.1) is 12.7 Å². The van der Waals surface area contributed by atoms with Crippen LogP contribution in [0.2, 0.25) is 0 Å². The molecule has 1 heterocycles. The van der Waals surface area contributed by atoms with Crippen LogP contribution in [-0.4, -0.2) is 15.9 Å². The van der Waals surface area contributed by atoms with E-state index in [4.69, 9.17) is 5.84 Å². The molecular formula is C12H12FN5O. The largest absolute Gasteiger partial charge is 0.321 e. The molecule has 2 aromatic rings. The van der Waals surface area contributed by atoms with Crippen LogP contribution in [0.1, 0.15) is 16.1 Å². The first kappa shape index (κ1) is 12.9. The zero-order chi connectivity index (χ0) is 13.8. The second kappa shape index (κ2) is 5.40. The topological polar surface area (TPSA) is 92.9 Å². The summed E-state index contributed by atoms with van der Waals surface area (Å²) in [4.78, 5) is 19.6. The molecule has 0 spiro atoms. The van der Waals surface area contributed by atoms with Crippen LogP contribution in [0.25, 0.3) is 0 Å². The SMILES string of the molecule is Cc1cc(NC(=O)c2cnc(NN)cn2)ccc1F. The predicted octanol–water partition coefficient (Wildman–Crippen LogP) is 1.46. The van der Waals surface area contributed by atoms with Crippen LogP contribution in [-0.2, 0) is 0 Å². The zero-order valence-electron chi connectivity index (χ0n) is 10.1. The molecule has 0 saturated carbocycles. The third-order valence-electron chi connectivity index (χ3n) is 2.45. The van der Waals surface area contributed by atoms with Gasteiger partial charge in [-0.05, 0) is 30.7 Å². The Hall–Kier alpha value is -2.54. The normalized spacial score (nSPS) is 10.1. The lowest BCUT2D eigenvalue weighted by Crippen LogP contribution is -2.15. The van der Waals surface area contributed by atoms with Gasteiger partial charge >= 0.3 is 0 Å². The first-order valence-corrected chi connectivity index (χ1v) is 5.46. The monoisotopic (exact) mass is 261 g/mol. The predicted molar refractivity (Wildman–Crippen MR) is 68.9 cm³/mol. The van der Waals surface area contributed by atoms with Crippen LogP contribution < -0.4 is 16.6 Å². The van der Waals surface area contributed by atoms with E-state index in [-0.39, 0.29) is 11.5 Å². The molecule has 0 radical (unpaired) electrons. The quantitative estimate of drug-likeness (QED) is 0.574. The van der Waals surface area contributed by atoms with Crippen LogP contribution in [0.15, 0.2) is 30.6 Å². The number of amides is 1. The molecule has 0 aliphatic rings. The summed E-state index contributed by atoms with van der Waals surface area (Å²) in [7, 11) is 0. The number of nitrogen functional groups attached to an aromatic ring is 1. The number of hydrogen-bond acceptors (Lipinski definition) is 5. The van der Waals surface area contributed by atoms with Crippen molar-refractivity contribution in [2.24, 2.45) is 5.84 Å². The maximum absolute atomic E-state index is 13.1. The molecule has 1 amide bonds. The number of carbonyl (C=O) groups is 1. The molecule has 0 saturated heterocycles. The van der Waals surface area contributed by atoms with Crippen molar-refractivity contribution in [3.8, 4) is 0 Å². The highest BCUT2D eigenvalue weighted by Crippen LogP contribution is 2.14. The van der Waals surface area contributed by atoms with Gasteiger partial charge in [0.2, 0.25) is 0 Å². The molecule has 4 N–H and O–H groups in total. The fourth-order valence-electron chi connectivity index (χ4n) is 1.44. The average molecular weight is 261 g/mol. The zero-order valence-corrected chi connectivity index (χ0v) is 10.1. The van der Waals surface area contributed by atoms with Crippen molar-refractivity contribution >= 4 is 17.4 Å². The fourth-order valence-corrected chi connectivity index (χ4v) is 1.44. The van der Waals surface area contributed by atoms with E-state index < -0.39 is 5.91 Å². The first-order chi connectivity index (χ1) is 9.10. The van der Waals surface area contributed by atoms with Crippen molar-refractivity contribution in [2.75, 3.05) is 10.7 Å². The van der Waals surface area contributed by atoms with Crippen LogP contribution in [0.3, 0.4) is 0 Å². The highest BCUT2D eigenvalue weighted by molar-refractivity contribution is 6.02. The second-order valence-electron chi connectivity index (χ2n) is 3.85. The number of nitrogens with zero attached hydrogens (tertiary/aromatic N) is 2. The number of aromatic nitrogens is 2. The fraction of sp³-hybridized carbons (Fsp3) is 0.0833. The number of anilines is 2. The minimum atomic E-state index is -0.429. The van der Waals surface area contributed by atoms with E-state index in [0.717, 1.165) is 0 Å². The maximum Gasteiger partial charge on any atom is 0.275 e. The number of benzene rings is 1. The Morgan fingerprint density at radius 3 is 2.68 bits per heavy atom. The molecule has 2 rings (SSSR count). The molecule has 19 heavy (non-hydrogen) atoms. The molecule has 0 unspecified atom stereocenters. The number of aryl methyl sites for hydroxylation is 1. The number of halogens is 1. The first-order valence-electron chi connectivity index (χ1n) is 5.46. The third-order valence-corrected chi connectivity index (χ3v) is 2.45. The molecule has 1 aromatic heterocycles. The van der Waals surface area contributed by atoms with Crippen molar-refractivity contribution in [3.63, 3.8) is 0 Å². The van der Waals surface area contributed by atoms with Gasteiger partial charge in [-0.1, -0.05) is 0 Å². The van der Waals surface area contributed by atoms with Crippen LogP contribution in [0.4, 0.5) is 15.9 Å². The molecule has 0 aliphatic carbocycles. The Bertz CT molecular complexity index is 600. The van der Waals surface area contributed by atoms with Gasteiger partial charge in [0.1, 0.15) is 11.5 Å². The highest BCUT2D eigenvalue weighted by atomic mass is 19.1. The van der Waals surface area contributed by atoms with Gasteiger partial charge in [-0.3, -0.25) is 4.79 Å². The molecule has 0 aliphatic heterocycles. The summed E-state index contributed by atoms with van der Waals surface area (Å²) in [5, 5.41) is 2.60. The van der Waals surface area contributed by atoms with Crippen molar-refractivity contribution in [1.82, 2.24) is 9.97 Å². The third kappa shape index (κ3) is 3.02. The Balaban J connectivity index is 2.13. The van der Waals surface area contributed by atoms with E-state index in [1.807, 2.05) is 0 Å². The lowest BCUT2D eigenvalue weighted by atomic mass is 10.2. The number of rotatable bonds is 3. The van der Waals surface area contributed by atoms with Crippen molar-refractivity contribution in [1.29, 1.82) is 0 Å². The van der Waals surface area contributed by atoms with Crippen molar-refractivity contribution in [3.05, 3.63) is 47.7 Å². The van der Waals surface area contributed by atoms with Gasteiger partial charge in [0.25, 0.3) is 5.91 Å². The molecule has 6 nitrogen and oxygen atoms in total.